The van der Waals surface area contributed by atoms with E-state index < -0.39 is 0 Å². The Balaban J connectivity index is 1.77. The van der Waals surface area contributed by atoms with Gasteiger partial charge < -0.3 is 5.32 Å². The Morgan fingerprint density at radius 1 is 1.05 bits per heavy atom. The van der Waals surface area contributed by atoms with Crippen molar-refractivity contribution in [1.82, 2.24) is 5.32 Å². The zero-order chi connectivity index (χ0) is 13.8. The maximum absolute atomic E-state index is 4.53. The van der Waals surface area contributed by atoms with E-state index in [1.807, 2.05) is 0 Å². The summed E-state index contributed by atoms with van der Waals surface area (Å²) in [7, 11) is 0. The maximum Gasteiger partial charge on any atom is 0.128 e. The molecule has 3 heteroatoms. The first-order valence-electron chi connectivity index (χ1n) is 6.94. The summed E-state index contributed by atoms with van der Waals surface area (Å²) < 4.78 is 1.14. The van der Waals surface area contributed by atoms with E-state index in [1.165, 1.54) is 16.7 Å². The van der Waals surface area contributed by atoms with Gasteiger partial charge in [0.15, 0.2) is 0 Å². The lowest BCUT2D eigenvalue weighted by atomic mass is 9.99. The largest absolute Gasteiger partial charge is 0.368 e. The van der Waals surface area contributed by atoms with Crippen molar-refractivity contribution < 1.29 is 0 Å². The molecule has 20 heavy (non-hydrogen) atoms. The second-order valence-corrected chi connectivity index (χ2v) is 5.86. The van der Waals surface area contributed by atoms with Gasteiger partial charge in [-0.3, -0.25) is 4.99 Å². The van der Waals surface area contributed by atoms with Gasteiger partial charge in [-0.15, -0.1) is 0 Å². The molecule has 0 saturated carbocycles. The highest BCUT2D eigenvalue weighted by molar-refractivity contribution is 9.10. The van der Waals surface area contributed by atoms with Gasteiger partial charge in [0.25, 0.3) is 0 Å². The lowest BCUT2D eigenvalue weighted by Gasteiger charge is -2.10. The molecular formula is C17H17BrN2. The molecule has 0 atom stereocenters. The number of nitrogens with zero attached hydrogens (tertiary/aromatic N) is 1. The summed E-state index contributed by atoms with van der Waals surface area (Å²) in [5.74, 6) is 1.05. The molecule has 0 unspecified atom stereocenters. The highest BCUT2D eigenvalue weighted by Crippen LogP contribution is 2.16. The van der Waals surface area contributed by atoms with Crippen molar-refractivity contribution in [3.63, 3.8) is 0 Å². The van der Waals surface area contributed by atoms with E-state index in [0.717, 1.165) is 36.2 Å². The number of rotatable bonds is 4. The SMILES string of the molecule is Brc1cccc(CCc2ccccc2C2=NCCN2)c1. The van der Waals surface area contributed by atoms with E-state index in [0.29, 0.717) is 0 Å². The van der Waals surface area contributed by atoms with E-state index in [2.05, 4.69) is 74.8 Å². The normalized spacial score (nSPS) is 13.9. The van der Waals surface area contributed by atoms with Crippen molar-refractivity contribution in [2.75, 3.05) is 13.1 Å². The van der Waals surface area contributed by atoms with Gasteiger partial charge in [0.05, 0.1) is 6.54 Å². The third-order valence-electron chi connectivity index (χ3n) is 3.52. The Morgan fingerprint density at radius 3 is 2.75 bits per heavy atom. The number of halogens is 1. The van der Waals surface area contributed by atoms with Crippen LogP contribution >= 0.6 is 15.9 Å². The van der Waals surface area contributed by atoms with Crippen LogP contribution < -0.4 is 5.32 Å². The molecule has 102 valence electrons. The van der Waals surface area contributed by atoms with Gasteiger partial charge >= 0.3 is 0 Å². The maximum atomic E-state index is 4.53. The van der Waals surface area contributed by atoms with E-state index in [9.17, 15) is 0 Å². The number of aryl methyl sites for hydroxylation is 2. The van der Waals surface area contributed by atoms with Crippen molar-refractivity contribution in [3.05, 3.63) is 69.7 Å². The van der Waals surface area contributed by atoms with Crippen LogP contribution in [0.1, 0.15) is 16.7 Å². The topological polar surface area (TPSA) is 24.4 Å². The predicted molar refractivity (Wildman–Crippen MR) is 87.4 cm³/mol. The second kappa shape index (κ2) is 6.23. The molecule has 2 nitrogen and oxygen atoms in total. The molecule has 0 fully saturated rings. The number of hydrogen-bond donors (Lipinski definition) is 1. The molecule has 1 aliphatic rings. The summed E-state index contributed by atoms with van der Waals surface area (Å²) in [6.07, 6.45) is 2.08. The molecule has 0 amide bonds. The minimum Gasteiger partial charge on any atom is -0.368 e. The van der Waals surface area contributed by atoms with E-state index >= 15 is 0 Å². The lowest BCUT2D eigenvalue weighted by molar-refractivity contribution is 0.945. The Morgan fingerprint density at radius 2 is 1.95 bits per heavy atom. The van der Waals surface area contributed by atoms with Gasteiger partial charge in [-0.25, -0.2) is 0 Å². The summed E-state index contributed by atoms with van der Waals surface area (Å²) in [5.41, 5.74) is 3.97. The van der Waals surface area contributed by atoms with E-state index in [1.54, 1.807) is 0 Å². The molecule has 1 heterocycles. The monoisotopic (exact) mass is 328 g/mol. The first-order chi connectivity index (χ1) is 9.83. The molecule has 2 aromatic rings. The van der Waals surface area contributed by atoms with Gasteiger partial charge in [0.2, 0.25) is 0 Å². The molecule has 0 bridgehead atoms. The zero-order valence-corrected chi connectivity index (χ0v) is 12.9. The third kappa shape index (κ3) is 3.10. The minimum atomic E-state index is 0.884. The molecule has 1 N–H and O–H groups in total. The molecule has 0 radical (unpaired) electrons. The molecule has 3 rings (SSSR count). The second-order valence-electron chi connectivity index (χ2n) is 4.94. The summed E-state index contributed by atoms with van der Waals surface area (Å²) in [5, 5.41) is 3.36. The zero-order valence-electron chi connectivity index (χ0n) is 11.3. The van der Waals surface area contributed by atoms with Crippen molar-refractivity contribution >= 4 is 21.8 Å². The van der Waals surface area contributed by atoms with Crippen LogP contribution in [0.25, 0.3) is 0 Å². The Kier molecular flexibility index (Phi) is 4.16. The van der Waals surface area contributed by atoms with Crippen LogP contribution in [-0.2, 0) is 12.8 Å². The molecule has 0 saturated heterocycles. The fourth-order valence-corrected chi connectivity index (χ4v) is 2.97. The molecule has 2 aromatic carbocycles. The van der Waals surface area contributed by atoms with Gasteiger partial charge in [-0.1, -0.05) is 52.3 Å². The number of amidine groups is 1. The van der Waals surface area contributed by atoms with E-state index in [4.69, 9.17) is 0 Å². The first-order valence-corrected chi connectivity index (χ1v) is 7.73. The average Bonchev–Trinajstić information content (AvgIpc) is 3.00. The first kappa shape index (κ1) is 13.4. The van der Waals surface area contributed by atoms with Crippen molar-refractivity contribution in [2.45, 2.75) is 12.8 Å². The van der Waals surface area contributed by atoms with Gasteiger partial charge in [0.1, 0.15) is 5.84 Å². The highest BCUT2D eigenvalue weighted by Gasteiger charge is 2.11. The van der Waals surface area contributed by atoms with Crippen LogP contribution in [0.4, 0.5) is 0 Å². The van der Waals surface area contributed by atoms with Crippen LogP contribution in [0.2, 0.25) is 0 Å². The lowest BCUT2D eigenvalue weighted by Crippen LogP contribution is -2.21. The van der Waals surface area contributed by atoms with Crippen LogP contribution in [0.3, 0.4) is 0 Å². The quantitative estimate of drug-likeness (QED) is 0.911. The summed E-state index contributed by atoms with van der Waals surface area (Å²) in [6, 6.07) is 17.1. The van der Waals surface area contributed by atoms with Crippen LogP contribution in [0, 0.1) is 0 Å². The molecule has 0 aromatic heterocycles. The van der Waals surface area contributed by atoms with Gasteiger partial charge in [-0.2, -0.15) is 0 Å². The van der Waals surface area contributed by atoms with Crippen LogP contribution in [-0.4, -0.2) is 18.9 Å². The number of aliphatic imine (C=N–C) groups is 1. The molecule has 1 aliphatic heterocycles. The molecule has 0 spiro atoms. The Labute approximate surface area is 128 Å². The van der Waals surface area contributed by atoms with Crippen LogP contribution in [0.5, 0.6) is 0 Å². The van der Waals surface area contributed by atoms with Crippen molar-refractivity contribution in [1.29, 1.82) is 0 Å². The fourth-order valence-electron chi connectivity index (χ4n) is 2.52. The Hall–Kier alpha value is -1.61. The minimum absolute atomic E-state index is 0.884. The number of hydrogen-bond acceptors (Lipinski definition) is 2. The summed E-state index contributed by atoms with van der Waals surface area (Å²) in [6.45, 7) is 1.84. The van der Waals surface area contributed by atoms with Crippen molar-refractivity contribution in [3.8, 4) is 0 Å². The van der Waals surface area contributed by atoms with E-state index in [-0.39, 0.29) is 0 Å². The predicted octanol–water partition coefficient (Wildman–Crippen LogP) is 3.58. The van der Waals surface area contributed by atoms with Gasteiger partial charge in [-0.05, 0) is 36.1 Å². The van der Waals surface area contributed by atoms with Gasteiger partial charge in [0, 0.05) is 16.6 Å². The average molecular weight is 329 g/mol. The highest BCUT2D eigenvalue weighted by atomic mass is 79.9. The standard InChI is InChI=1S/C17H17BrN2/c18-15-6-3-4-13(12-15)8-9-14-5-1-2-7-16(14)17-19-10-11-20-17/h1-7,12H,8-11H2,(H,19,20). The summed E-state index contributed by atoms with van der Waals surface area (Å²) in [4.78, 5) is 4.53. The fraction of sp³-hybridized carbons (Fsp3) is 0.235. The van der Waals surface area contributed by atoms with Crippen LogP contribution in [0.15, 0.2) is 58.0 Å². The molecule has 0 aliphatic carbocycles. The summed E-state index contributed by atoms with van der Waals surface area (Å²) >= 11 is 3.53. The Bertz CT molecular complexity index is 634. The molecular weight excluding hydrogens is 312 g/mol. The van der Waals surface area contributed by atoms with Crippen molar-refractivity contribution in [2.24, 2.45) is 4.99 Å². The third-order valence-corrected chi connectivity index (χ3v) is 4.01. The number of nitrogens with one attached hydrogen (secondary N) is 1. The number of benzene rings is 2. The smallest absolute Gasteiger partial charge is 0.128 e.